The summed E-state index contributed by atoms with van der Waals surface area (Å²) >= 11 is 0. The van der Waals surface area contributed by atoms with Gasteiger partial charge in [-0.25, -0.2) is 10.2 Å². The summed E-state index contributed by atoms with van der Waals surface area (Å²) in [5.41, 5.74) is 9.58. The predicted molar refractivity (Wildman–Crippen MR) is 61.4 cm³/mol. The van der Waals surface area contributed by atoms with E-state index in [9.17, 15) is 4.79 Å². The van der Waals surface area contributed by atoms with Crippen molar-refractivity contribution < 1.29 is 4.79 Å². The Balaban J connectivity index is 2.76. The summed E-state index contributed by atoms with van der Waals surface area (Å²) in [6, 6.07) is -0.646. The lowest BCUT2D eigenvalue weighted by Crippen LogP contribution is -2.25. The van der Waals surface area contributed by atoms with Gasteiger partial charge >= 0.3 is 6.03 Å². The van der Waals surface area contributed by atoms with Crippen molar-refractivity contribution in [1.82, 2.24) is 5.43 Å². The quantitative estimate of drug-likeness (QED) is 0.527. The fourth-order valence-electron chi connectivity index (χ4n) is 1.70. The van der Waals surface area contributed by atoms with Crippen LogP contribution in [0.3, 0.4) is 0 Å². The minimum atomic E-state index is -0.646. The Morgan fingerprint density at radius 1 is 1.60 bits per heavy atom. The zero-order valence-corrected chi connectivity index (χ0v) is 9.37. The molecule has 0 radical (unpaired) electrons. The highest BCUT2D eigenvalue weighted by molar-refractivity contribution is 5.83. The first kappa shape index (κ1) is 11.5. The minimum Gasteiger partial charge on any atom is -0.350 e. The Bertz CT molecular complexity index is 351. The summed E-state index contributed by atoms with van der Waals surface area (Å²) in [7, 11) is 0. The van der Waals surface area contributed by atoms with Gasteiger partial charge in [0.2, 0.25) is 0 Å². The maximum atomic E-state index is 10.4. The molecule has 0 spiro atoms. The van der Waals surface area contributed by atoms with Crippen LogP contribution in [0.5, 0.6) is 0 Å². The van der Waals surface area contributed by atoms with Gasteiger partial charge in [-0.15, -0.1) is 0 Å². The van der Waals surface area contributed by atoms with Crippen molar-refractivity contribution >= 4 is 12.2 Å². The van der Waals surface area contributed by atoms with E-state index in [1.54, 1.807) is 6.21 Å². The number of hydrazone groups is 1. The van der Waals surface area contributed by atoms with E-state index in [1.165, 1.54) is 5.57 Å². The monoisotopic (exact) mass is 207 g/mol. The molecule has 1 aliphatic carbocycles. The Hall–Kier alpha value is -1.58. The maximum Gasteiger partial charge on any atom is 0.332 e. The number of hydrogen-bond donors (Lipinski definition) is 2. The maximum absolute atomic E-state index is 10.4. The van der Waals surface area contributed by atoms with E-state index in [0.717, 1.165) is 12.0 Å². The smallest absolute Gasteiger partial charge is 0.332 e. The Morgan fingerprint density at radius 3 is 2.80 bits per heavy atom. The Morgan fingerprint density at radius 2 is 2.27 bits per heavy atom. The van der Waals surface area contributed by atoms with Crippen molar-refractivity contribution in [1.29, 1.82) is 0 Å². The SMILES string of the molecule is CC1=CC=C(C=NNC(N)=O)C(C)(C)C1. The number of amides is 2. The van der Waals surface area contributed by atoms with E-state index in [4.69, 9.17) is 5.73 Å². The molecule has 0 aromatic heterocycles. The first-order chi connectivity index (χ1) is 6.92. The lowest BCUT2D eigenvalue weighted by Gasteiger charge is -2.29. The first-order valence-corrected chi connectivity index (χ1v) is 4.88. The highest BCUT2D eigenvalue weighted by atomic mass is 16.2. The number of carbonyl (C=O) groups excluding carboxylic acids is 1. The van der Waals surface area contributed by atoms with Gasteiger partial charge in [-0.1, -0.05) is 31.6 Å². The second-order valence-corrected chi connectivity index (χ2v) is 4.43. The summed E-state index contributed by atoms with van der Waals surface area (Å²) in [6.45, 7) is 6.39. The Kier molecular flexibility index (Phi) is 3.29. The topological polar surface area (TPSA) is 67.5 Å². The number of carbonyl (C=O) groups is 1. The van der Waals surface area contributed by atoms with Crippen LogP contribution in [0.25, 0.3) is 0 Å². The van der Waals surface area contributed by atoms with Gasteiger partial charge in [0.15, 0.2) is 0 Å². The van der Waals surface area contributed by atoms with Crippen LogP contribution >= 0.6 is 0 Å². The average Bonchev–Trinajstić information content (AvgIpc) is 2.07. The van der Waals surface area contributed by atoms with Crippen molar-refractivity contribution in [2.45, 2.75) is 27.2 Å². The van der Waals surface area contributed by atoms with Crippen molar-refractivity contribution in [2.24, 2.45) is 16.3 Å². The summed E-state index contributed by atoms with van der Waals surface area (Å²) in [4.78, 5) is 10.4. The van der Waals surface area contributed by atoms with Crippen LogP contribution in [0.4, 0.5) is 4.79 Å². The van der Waals surface area contributed by atoms with Gasteiger partial charge in [-0.3, -0.25) is 0 Å². The van der Waals surface area contributed by atoms with Crippen LogP contribution in [-0.4, -0.2) is 12.2 Å². The van der Waals surface area contributed by atoms with E-state index in [2.05, 4.69) is 37.4 Å². The lowest BCUT2D eigenvalue weighted by atomic mass is 9.76. The molecule has 4 heteroatoms. The number of allylic oxidation sites excluding steroid dienone is 4. The van der Waals surface area contributed by atoms with Crippen LogP contribution in [0.2, 0.25) is 0 Å². The van der Waals surface area contributed by atoms with Crippen molar-refractivity contribution in [2.75, 3.05) is 0 Å². The molecule has 2 amide bonds. The molecule has 0 heterocycles. The van der Waals surface area contributed by atoms with Gasteiger partial charge in [0, 0.05) is 0 Å². The fraction of sp³-hybridized carbons (Fsp3) is 0.455. The first-order valence-electron chi connectivity index (χ1n) is 4.88. The van der Waals surface area contributed by atoms with Gasteiger partial charge in [0.1, 0.15) is 0 Å². The lowest BCUT2D eigenvalue weighted by molar-refractivity contribution is 0.249. The molecule has 0 saturated carbocycles. The molecule has 1 aliphatic rings. The fourth-order valence-corrected chi connectivity index (χ4v) is 1.70. The normalized spacial score (nSPS) is 19.7. The molecule has 0 aromatic rings. The van der Waals surface area contributed by atoms with Crippen LogP contribution in [0, 0.1) is 5.41 Å². The number of rotatable bonds is 2. The molecular weight excluding hydrogens is 190 g/mol. The molecule has 0 atom stereocenters. The van der Waals surface area contributed by atoms with E-state index in [-0.39, 0.29) is 5.41 Å². The van der Waals surface area contributed by atoms with Gasteiger partial charge in [-0.2, -0.15) is 5.10 Å². The number of hydrogen-bond acceptors (Lipinski definition) is 2. The number of primary amides is 1. The van der Waals surface area contributed by atoms with Gasteiger partial charge < -0.3 is 5.73 Å². The third kappa shape index (κ3) is 3.23. The van der Waals surface area contributed by atoms with Crippen LogP contribution in [-0.2, 0) is 0 Å². The van der Waals surface area contributed by atoms with E-state index in [1.807, 2.05) is 6.08 Å². The summed E-state index contributed by atoms with van der Waals surface area (Å²) in [6.07, 6.45) is 6.73. The largest absolute Gasteiger partial charge is 0.350 e. The van der Waals surface area contributed by atoms with Crippen LogP contribution < -0.4 is 11.2 Å². The minimum absolute atomic E-state index is 0.0572. The summed E-state index contributed by atoms with van der Waals surface area (Å²) in [5.74, 6) is 0. The molecule has 82 valence electrons. The molecule has 0 bridgehead atoms. The van der Waals surface area contributed by atoms with Crippen molar-refractivity contribution in [3.05, 3.63) is 23.3 Å². The number of urea groups is 1. The van der Waals surface area contributed by atoms with Crippen molar-refractivity contribution in [3.63, 3.8) is 0 Å². The molecule has 4 nitrogen and oxygen atoms in total. The molecule has 15 heavy (non-hydrogen) atoms. The zero-order valence-electron chi connectivity index (χ0n) is 9.37. The van der Waals surface area contributed by atoms with Gasteiger partial charge in [0.05, 0.1) is 6.21 Å². The molecule has 0 saturated heterocycles. The highest BCUT2D eigenvalue weighted by Gasteiger charge is 2.24. The summed E-state index contributed by atoms with van der Waals surface area (Å²) in [5, 5.41) is 3.77. The number of nitrogens with zero attached hydrogens (tertiary/aromatic N) is 1. The third-order valence-corrected chi connectivity index (χ3v) is 2.43. The molecular formula is C11H17N3O. The molecule has 0 aliphatic heterocycles. The molecule has 0 fully saturated rings. The Labute approximate surface area is 89.9 Å². The standard InChI is InChI=1S/C11H17N3O/c1-8-4-5-9(11(2,3)6-8)7-13-14-10(12)15/h4-5,7H,6H2,1-3H3,(H3,12,14,15). The van der Waals surface area contributed by atoms with Crippen LogP contribution in [0.15, 0.2) is 28.4 Å². The highest BCUT2D eigenvalue weighted by Crippen LogP contribution is 2.35. The van der Waals surface area contributed by atoms with E-state index >= 15 is 0 Å². The van der Waals surface area contributed by atoms with Gasteiger partial charge in [-0.05, 0) is 24.3 Å². The number of nitrogens with one attached hydrogen (secondary N) is 1. The van der Waals surface area contributed by atoms with Crippen LogP contribution in [0.1, 0.15) is 27.2 Å². The van der Waals surface area contributed by atoms with Gasteiger partial charge in [0.25, 0.3) is 0 Å². The van der Waals surface area contributed by atoms with E-state index < -0.39 is 6.03 Å². The molecule has 3 N–H and O–H groups in total. The van der Waals surface area contributed by atoms with Crippen molar-refractivity contribution in [3.8, 4) is 0 Å². The second-order valence-electron chi connectivity index (χ2n) is 4.43. The zero-order chi connectivity index (χ0) is 11.5. The average molecular weight is 207 g/mol. The predicted octanol–water partition coefficient (Wildman–Crippen LogP) is 1.94. The number of nitrogens with two attached hydrogens (primary N) is 1. The molecule has 0 unspecified atom stereocenters. The third-order valence-electron chi connectivity index (χ3n) is 2.43. The molecule has 0 aromatic carbocycles. The molecule has 1 rings (SSSR count). The summed E-state index contributed by atoms with van der Waals surface area (Å²) < 4.78 is 0. The second kappa shape index (κ2) is 4.29. The van der Waals surface area contributed by atoms with E-state index in [0.29, 0.717) is 0 Å².